The van der Waals surface area contributed by atoms with Crippen LogP contribution >= 0.6 is 0 Å². The van der Waals surface area contributed by atoms with Crippen LogP contribution in [0.1, 0.15) is 26.1 Å². The number of imidazole rings is 1. The molecule has 9 rings (SSSR count). The molecule has 7 heterocycles. The topological polar surface area (TPSA) is 143 Å². The first-order valence-electron chi connectivity index (χ1n) is 18.9. The number of methoxy groups -OCH3 is 1. The first-order chi connectivity index (χ1) is 27.2. The maximum Gasteiger partial charge on any atom is 0.245 e. The van der Waals surface area contributed by atoms with E-state index in [9.17, 15) is 14.3 Å². The van der Waals surface area contributed by atoms with Crippen molar-refractivity contribution >= 4 is 45.6 Å². The number of carbonyl (C=O) groups is 1. The minimum Gasteiger partial charge on any atom is -0.390 e. The molecule has 4 bridgehead atoms. The number of amides is 1. The summed E-state index contributed by atoms with van der Waals surface area (Å²) in [4.78, 5) is 39.7. The minimum absolute atomic E-state index is 0.00170. The van der Waals surface area contributed by atoms with Crippen molar-refractivity contribution in [3.63, 3.8) is 0 Å². The molecule has 14 nitrogen and oxygen atoms in total. The summed E-state index contributed by atoms with van der Waals surface area (Å²) in [5, 5.41) is 19.2. The van der Waals surface area contributed by atoms with E-state index in [1.54, 1.807) is 32.9 Å². The molecule has 1 amide bonds. The number of hydrogen-bond acceptors (Lipinski definition) is 11. The molecule has 3 atom stereocenters. The van der Waals surface area contributed by atoms with Crippen molar-refractivity contribution in [3.05, 3.63) is 78.0 Å². The highest BCUT2D eigenvalue weighted by Gasteiger charge is 2.43. The van der Waals surface area contributed by atoms with Crippen LogP contribution in [0.25, 0.3) is 39.0 Å². The first kappa shape index (κ1) is 36.8. The van der Waals surface area contributed by atoms with E-state index < -0.39 is 35.2 Å². The van der Waals surface area contributed by atoms with Gasteiger partial charge in [0.2, 0.25) is 11.9 Å². The lowest BCUT2D eigenvalue weighted by molar-refractivity contribution is -0.132. The number of ether oxygens (including phenoxy) is 1. The number of likely N-dealkylation sites (N-methyl/N-ethyl adjacent to an activating group) is 1. The Morgan fingerprint density at radius 3 is 2.51 bits per heavy atom. The number of carbonyl (C=O) groups excluding carboxylic acids is 1. The molecule has 0 radical (unpaired) electrons. The normalized spacial score (nSPS) is 20.5. The van der Waals surface area contributed by atoms with Crippen LogP contribution in [0.15, 0.2) is 54.7 Å². The highest BCUT2D eigenvalue weighted by molar-refractivity contribution is 5.94. The average molecular weight is 782 g/mol. The fourth-order valence-electron chi connectivity index (χ4n) is 8.27. The Kier molecular flexibility index (Phi) is 8.84. The molecule has 0 saturated carbocycles. The van der Waals surface area contributed by atoms with Gasteiger partial charge in [-0.3, -0.25) is 4.79 Å². The molecule has 2 saturated heterocycles. The molecule has 0 spiro atoms. The zero-order valence-corrected chi connectivity index (χ0v) is 32.1. The van der Waals surface area contributed by atoms with Crippen LogP contribution in [0.2, 0.25) is 0 Å². The Bertz CT molecular complexity index is 2550. The number of fused-ring (bicyclic) bond motifs is 6. The molecular weight excluding hydrogens is 740 g/mol. The lowest BCUT2D eigenvalue weighted by Gasteiger charge is -2.45. The second-order valence-corrected chi connectivity index (χ2v) is 15.8. The van der Waals surface area contributed by atoms with E-state index in [1.165, 1.54) is 29.1 Å². The number of halogens is 3. The monoisotopic (exact) mass is 781 g/mol. The van der Waals surface area contributed by atoms with E-state index in [-0.39, 0.29) is 35.7 Å². The van der Waals surface area contributed by atoms with Gasteiger partial charge in [0, 0.05) is 70.0 Å². The lowest BCUT2D eigenvalue weighted by atomic mass is 9.85. The zero-order chi connectivity index (χ0) is 39.9. The summed E-state index contributed by atoms with van der Waals surface area (Å²) in [6, 6.07) is 10.6. The minimum atomic E-state index is -0.928. The maximum atomic E-state index is 15.3. The number of aliphatic hydroxyl groups is 1. The number of nitrogens with one attached hydrogen (secondary N) is 1. The van der Waals surface area contributed by atoms with Crippen LogP contribution < -0.4 is 15.1 Å². The molecule has 296 valence electrons. The third-order valence-corrected chi connectivity index (χ3v) is 11.5. The van der Waals surface area contributed by atoms with Crippen molar-refractivity contribution in [3.8, 4) is 16.9 Å². The largest absolute Gasteiger partial charge is 0.390 e. The van der Waals surface area contributed by atoms with E-state index in [4.69, 9.17) is 19.7 Å². The Hall–Kier alpha value is -5.81. The summed E-state index contributed by atoms with van der Waals surface area (Å²) in [5.74, 6) is -0.261. The van der Waals surface area contributed by atoms with Gasteiger partial charge >= 0.3 is 0 Å². The van der Waals surface area contributed by atoms with Gasteiger partial charge in [0.05, 0.1) is 46.6 Å². The highest BCUT2D eigenvalue weighted by Crippen LogP contribution is 2.38. The molecule has 3 aliphatic rings. The van der Waals surface area contributed by atoms with Gasteiger partial charge in [-0.25, -0.2) is 27.8 Å². The highest BCUT2D eigenvalue weighted by atomic mass is 19.1. The van der Waals surface area contributed by atoms with Gasteiger partial charge in [-0.05, 0) is 57.5 Å². The summed E-state index contributed by atoms with van der Waals surface area (Å²) in [5.41, 5.74) is 1.69. The number of rotatable bonds is 5. The quantitative estimate of drug-likeness (QED) is 0.251. The van der Waals surface area contributed by atoms with E-state index in [2.05, 4.69) is 15.4 Å². The van der Waals surface area contributed by atoms with Crippen molar-refractivity contribution in [2.45, 2.75) is 57.5 Å². The molecule has 4 aromatic heterocycles. The van der Waals surface area contributed by atoms with Crippen molar-refractivity contribution in [1.29, 1.82) is 0 Å². The SMILES string of the molecule is CO[C@H]1CN(C)C(=O)[C@@H]2C[C@@H](CN2c2nc(N3CC(C(C)(C)O)C3)nc3c2cnn3-c2ccc(F)cc2F)Nc2cccc(n2)-c2cc(F)cc3nc(C)n(c23)C1. The number of aromatic nitrogens is 7. The molecule has 6 aromatic rings. The van der Waals surface area contributed by atoms with Crippen molar-refractivity contribution in [1.82, 2.24) is 39.2 Å². The van der Waals surface area contributed by atoms with Gasteiger partial charge < -0.3 is 34.4 Å². The van der Waals surface area contributed by atoms with Gasteiger partial charge in [0.15, 0.2) is 11.5 Å². The number of nitrogens with zero attached hydrogens (tertiary/aromatic N) is 10. The van der Waals surface area contributed by atoms with Crippen LogP contribution in [0.5, 0.6) is 0 Å². The molecule has 0 unspecified atom stereocenters. The molecular formula is C40H42F3N11O3. The first-order valence-corrected chi connectivity index (χ1v) is 18.9. The van der Waals surface area contributed by atoms with E-state index >= 15 is 8.78 Å². The number of benzene rings is 2. The maximum absolute atomic E-state index is 15.3. The lowest BCUT2D eigenvalue weighted by Crippen LogP contribution is -2.56. The second kappa shape index (κ2) is 13.7. The summed E-state index contributed by atoms with van der Waals surface area (Å²) in [7, 11) is 3.33. The number of aryl methyl sites for hydroxylation is 1. The Labute approximate surface area is 325 Å². The molecule has 2 fully saturated rings. The molecule has 2 N–H and O–H groups in total. The summed E-state index contributed by atoms with van der Waals surface area (Å²) in [6.45, 7) is 7.20. The predicted molar refractivity (Wildman–Crippen MR) is 208 cm³/mol. The van der Waals surface area contributed by atoms with Gasteiger partial charge in [0.1, 0.15) is 40.8 Å². The van der Waals surface area contributed by atoms with E-state index in [1.807, 2.05) is 39.5 Å². The number of pyridine rings is 1. The molecule has 2 aromatic carbocycles. The fourth-order valence-corrected chi connectivity index (χ4v) is 8.27. The van der Waals surface area contributed by atoms with Crippen molar-refractivity contribution in [2.75, 3.05) is 55.5 Å². The Morgan fingerprint density at radius 1 is 0.947 bits per heavy atom. The van der Waals surface area contributed by atoms with Crippen LogP contribution in [0.4, 0.5) is 30.8 Å². The molecule has 57 heavy (non-hydrogen) atoms. The number of anilines is 3. The summed E-state index contributed by atoms with van der Waals surface area (Å²) >= 11 is 0. The number of hydrogen-bond donors (Lipinski definition) is 2. The third-order valence-electron chi connectivity index (χ3n) is 11.5. The zero-order valence-electron chi connectivity index (χ0n) is 32.1. The summed E-state index contributed by atoms with van der Waals surface area (Å²) < 4.78 is 53.6. The molecule has 17 heteroatoms. The molecule has 0 aliphatic carbocycles. The van der Waals surface area contributed by atoms with Gasteiger partial charge in [-0.15, -0.1) is 0 Å². The fraction of sp³-hybridized carbons (Fsp3) is 0.400. The van der Waals surface area contributed by atoms with E-state index in [0.29, 0.717) is 78.2 Å². The van der Waals surface area contributed by atoms with Gasteiger partial charge in [-0.1, -0.05) is 6.07 Å². The van der Waals surface area contributed by atoms with Gasteiger partial charge in [-0.2, -0.15) is 15.1 Å². The standard InChI is InChI=1S/C40H42F3N11O3/c1-21-45-31-13-24(42)11-27-30-7-6-8-34(47-30)46-25-14-33(38(55)50(4)19-26(57-5)20-52(21)35(27)31)53(18-25)36-28-15-44-54(32-10-9-23(41)12-29(32)43)37(28)49-39(48-36)51-16-22(17-51)40(2,3)56/h6-13,15,22,25-26,33,56H,14,16-20H2,1-5H3,(H,46,47)/t25-,26-,33-/m0/s1. The van der Waals surface area contributed by atoms with Crippen molar-refractivity contribution in [2.24, 2.45) is 5.92 Å². The second-order valence-electron chi connectivity index (χ2n) is 15.8. The predicted octanol–water partition coefficient (Wildman–Crippen LogP) is 4.71. The average Bonchev–Trinajstić information content (AvgIpc) is 3.84. The van der Waals surface area contributed by atoms with E-state index in [0.717, 1.165) is 17.6 Å². The Balaban J connectivity index is 1.16. The van der Waals surface area contributed by atoms with Crippen molar-refractivity contribution < 1.29 is 27.8 Å². The van der Waals surface area contributed by atoms with Crippen LogP contribution in [-0.4, -0.2) is 114 Å². The Morgan fingerprint density at radius 2 is 1.75 bits per heavy atom. The summed E-state index contributed by atoms with van der Waals surface area (Å²) in [6.07, 6.45) is 1.44. The third kappa shape index (κ3) is 6.47. The van der Waals surface area contributed by atoms with Crippen LogP contribution in [0, 0.1) is 30.3 Å². The van der Waals surface area contributed by atoms with Crippen LogP contribution in [0.3, 0.4) is 0 Å². The smallest absolute Gasteiger partial charge is 0.245 e. The van der Waals surface area contributed by atoms with Crippen LogP contribution in [-0.2, 0) is 16.1 Å². The molecule has 3 aliphatic heterocycles. The van der Waals surface area contributed by atoms with Gasteiger partial charge in [0.25, 0.3) is 0 Å².